The SMILES string of the molecule is CCCCNC(=O)C(C)N1CCN(CCCCN)CC1. The van der Waals surface area contributed by atoms with Gasteiger partial charge in [0.15, 0.2) is 0 Å². The van der Waals surface area contributed by atoms with Gasteiger partial charge < -0.3 is 16.0 Å². The maximum atomic E-state index is 12.0. The van der Waals surface area contributed by atoms with Crippen molar-refractivity contribution in [3.63, 3.8) is 0 Å². The van der Waals surface area contributed by atoms with Crippen LogP contribution < -0.4 is 11.1 Å². The first kappa shape index (κ1) is 17.4. The summed E-state index contributed by atoms with van der Waals surface area (Å²) in [6.07, 6.45) is 4.48. The molecule has 1 aliphatic heterocycles. The van der Waals surface area contributed by atoms with Crippen molar-refractivity contribution in [2.75, 3.05) is 45.8 Å². The largest absolute Gasteiger partial charge is 0.355 e. The van der Waals surface area contributed by atoms with Gasteiger partial charge in [0.2, 0.25) is 5.91 Å². The second-order valence-electron chi connectivity index (χ2n) is 5.69. The number of nitrogens with zero attached hydrogens (tertiary/aromatic N) is 2. The molecule has 5 nitrogen and oxygen atoms in total. The molecule has 0 aliphatic carbocycles. The topological polar surface area (TPSA) is 61.6 Å². The van der Waals surface area contributed by atoms with Gasteiger partial charge in [-0.05, 0) is 39.3 Å². The van der Waals surface area contributed by atoms with Gasteiger partial charge >= 0.3 is 0 Å². The van der Waals surface area contributed by atoms with Gasteiger partial charge in [0.25, 0.3) is 0 Å². The highest BCUT2D eigenvalue weighted by atomic mass is 16.2. The molecule has 1 amide bonds. The van der Waals surface area contributed by atoms with Crippen LogP contribution in [0.1, 0.15) is 39.5 Å². The first-order valence-corrected chi connectivity index (χ1v) is 8.13. The van der Waals surface area contributed by atoms with Crippen LogP contribution in [0.3, 0.4) is 0 Å². The molecule has 1 aliphatic rings. The van der Waals surface area contributed by atoms with Gasteiger partial charge in [0.1, 0.15) is 0 Å². The number of carbonyl (C=O) groups is 1. The third kappa shape index (κ3) is 6.20. The fourth-order valence-corrected chi connectivity index (χ4v) is 2.56. The minimum atomic E-state index is -0.00181. The Morgan fingerprint density at radius 3 is 2.50 bits per heavy atom. The zero-order valence-electron chi connectivity index (χ0n) is 13.2. The standard InChI is InChI=1S/C15H32N4O/c1-3-4-8-17-15(20)14(2)19-12-10-18(11-13-19)9-6-5-7-16/h14H,3-13,16H2,1-2H3,(H,17,20). The van der Waals surface area contributed by atoms with E-state index in [4.69, 9.17) is 5.73 Å². The Morgan fingerprint density at radius 2 is 1.90 bits per heavy atom. The van der Waals surface area contributed by atoms with Gasteiger partial charge in [-0.3, -0.25) is 9.69 Å². The van der Waals surface area contributed by atoms with Crippen LogP contribution in [0.4, 0.5) is 0 Å². The second kappa shape index (κ2) is 10.1. The zero-order valence-corrected chi connectivity index (χ0v) is 13.2. The van der Waals surface area contributed by atoms with Crippen molar-refractivity contribution < 1.29 is 4.79 Å². The van der Waals surface area contributed by atoms with Crippen LogP contribution in [-0.2, 0) is 4.79 Å². The molecule has 1 saturated heterocycles. The highest BCUT2D eigenvalue weighted by Gasteiger charge is 2.24. The minimum absolute atomic E-state index is 0.00181. The van der Waals surface area contributed by atoms with Crippen LogP contribution in [0, 0.1) is 0 Å². The molecule has 1 heterocycles. The van der Waals surface area contributed by atoms with Crippen molar-refractivity contribution in [2.24, 2.45) is 5.73 Å². The summed E-state index contributed by atoms with van der Waals surface area (Å²) in [6.45, 7) is 11.0. The number of piperazine rings is 1. The lowest BCUT2D eigenvalue weighted by Crippen LogP contribution is -2.54. The Hall–Kier alpha value is -0.650. The molecular formula is C15H32N4O. The van der Waals surface area contributed by atoms with E-state index in [1.807, 2.05) is 6.92 Å². The van der Waals surface area contributed by atoms with E-state index >= 15 is 0 Å². The van der Waals surface area contributed by atoms with Gasteiger partial charge in [0.05, 0.1) is 6.04 Å². The van der Waals surface area contributed by atoms with Gasteiger partial charge in [-0.2, -0.15) is 0 Å². The minimum Gasteiger partial charge on any atom is -0.355 e. The lowest BCUT2D eigenvalue weighted by molar-refractivity contribution is -0.126. The number of rotatable bonds is 9. The van der Waals surface area contributed by atoms with E-state index in [2.05, 4.69) is 22.0 Å². The van der Waals surface area contributed by atoms with Gasteiger partial charge in [-0.15, -0.1) is 0 Å². The Balaban J connectivity index is 2.20. The summed E-state index contributed by atoms with van der Waals surface area (Å²) in [5.74, 6) is 0.176. The second-order valence-corrected chi connectivity index (χ2v) is 5.69. The van der Waals surface area contributed by atoms with Crippen molar-refractivity contribution in [3.8, 4) is 0 Å². The maximum absolute atomic E-state index is 12.0. The monoisotopic (exact) mass is 284 g/mol. The Bertz CT molecular complexity index is 265. The fraction of sp³-hybridized carbons (Fsp3) is 0.933. The summed E-state index contributed by atoms with van der Waals surface area (Å²) in [4.78, 5) is 16.8. The number of hydrogen-bond donors (Lipinski definition) is 2. The van der Waals surface area contributed by atoms with E-state index in [0.717, 1.165) is 65.1 Å². The summed E-state index contributed by atoms with van der Waals surface area (Å²) >= 11 is 0. The molecule has 1 fully saturated rings. The number of carbonyl (C=O) groups excluding carboxylic acids is 1. The quantitative estimate of drug-likeness (QED) is 0.610. The lowest BCUT2D eigenvalue weighted by Gasteiger charge is -2.37. The Kier molecular flexibility index (Phi) is 8.82. The van der Waals surface area contributed by atoms with Crippen LogP contribution in [0.2, 0.25) is 0 Å². The highest BCUT2D eigenvalue weighted by molar-refractivity contribution is 5.81. The molecule has 0 aromatic heterocycles. The third-order valence-corrected chi connectivity index (χ3v) is 4.09. The number of unbranched alkanes of at least 4 members (excludes halogenated alkanes) is 2. The van der Waals surface area contributed by atoms with Crippen molar-refractivity contribution in [3.05, 3.63) is 0 Å². The summed E-state index contributed by atoms with van der Waals surface area (Å²) in [7, 11) is 0. The molecule has 1 unspecified atom stereocenters. The molecule has 0 radical (unpaired) electrons. The average molecular weight is 284 g/mol. The fourth-order valence-electron chi connectivity index (χ4n) is 2.56. The van der Waals surface area contributed by atoms with E-state index in [-0.39, 0.29) is 11.9 Å². The average Bonchev–Trinajstić information content (AvgIpc) is 2.47. The van der Waals surface area contributed by atoms with Gasteiger partial charge in [-0.1, -0.05) is 13.3 Å². The number of nitrogens with one attached hydrogen (secondary N) is 1. The van der Waals surface area contributed by atoms with Crippen LogP contribution in [0.25, 0.3) is 0 Å². The molecule has 1 rings (SSSR count). The van der Waals surface area contributed by atoms with E-state index in [0.29, 0.717) is 0 Å². The molecule has 0 spiro atoms. The molecule has 20 heavy (non-hydrogen) atoms. The predicted molar refractivity (Wildman–Crippen MR) is 83.7 cm³/mol. The zero-order chi connectivity index (χ0) is 14.8. The van der Waals surface area contributed by atoms with Gasteiger partial charge in [-0.25, -0.2) is 0 Å². The molecule has 5 heteroatoms. The molecular weight excluding hydrogens is 252 g/mol. The van der Waals surface area contributed by atoms with Gasteiger partial charge in [0, 0.05) is 32.7 Å². The molecule has 0 saturated carbocycles. The lowest BCUT2D eigenvalue weighted by atomic mass is 10.2. The van der Waals surface area contributed by atoms with Crippen molar-refractivity contribution in [2.45, 2.75) is 45.6 Å². The summed E-state index contributed by atoms with van der Waals surface area (Å²) in [5.41, 5.74) is 5.52. The molecule has 3 N–H and O–H groups in total. The van der Waals surface area contributed by atoms with Crippen LogP contribution in [-0.4, -0.2) is 67.6 Å². The third-order valence-electron chi connectivity index (χ3n) is 4.09. The molecule has 0 aromatic rings. The van der Waals surface area contributed by atoms with E-state index in [1.54, 1.807) is 0 Å². The Labute approximate surface area is 123 Å². The van der Waals surface area contributed by atoms with Crippen molar-refractivity contribution in [1.82, 2.24) is 15.1 Å². The van der Waals surface area contributed by atoms with E-state index < -0.39 is 0 Å². The maximum Gasteiger partial charge on any atom is 0.237 e. The molecule has 118 valence electrons. The predicted octanol–water partition coefficient (Wildman–Crippen LogP) is 0.648. The highest BCUT2D eigenvalue weighted by Crippen LogP contribution is 2.07. The van der Waals surface area contributed by atoms with Crippen molar-refractivity contribution >= 4 is 5.91 Å². The molecule has 0 aromatic carbocycles. The van der Waals surface area contributed by atoms with E-state index in [9.17, 15) is 4.79 Å². The summed E-state index contributed by atoms with van der Waals surface area (Å²) < 4.78 is 0. The number of amides is 1. The Morgan fingerprint density at radius 1 is 1.20 bits per heavy atom. The van der Waals surface area contributed by atoms with Crippen molar-refractivity contribution in [1.29, 1.82) is 0 Å². The molecule has 0 bridgehead atoms. The van der Waals surface area contributed by atoms with Crippen LogP contribution in [0.15, 0.2) is 0 Å². The normalized spacial score (nSPS) is 18.9. The first-order valence-electron chi connectivity index (χ1n) is 8.13. The van der Waals surface area contributed by atoms with Crippen LogP contribution >= 0.6 is 0 Å². The summed E-state index contributed by atoms with van der Waals surface area (Å²) in [6, 6.07) is -0.00181. The summed E-state index contributed by atoms with van der Waals surface area (Å²) in [5, 5.41) is 3.03. The number of hydrogen-bond acceptors (Lipinski definition) is 4. The van der Waals surface area contributed by atoms with Crippen LogP contribution in [0.5, 0.6) is 0 Å². The smallest absolute Gasteiger partial charge is 0.237 e. The van der Waals surface area contributed by atoms with E-state index in [1.165, 1.54) is 6.42 Å². The number of nitrogens with two attached hydrogens (primary N) is 1. The first-order chi connectivity index (χ1) is 9.69. The molecule has 1 atom stereocenters.